The fourth-order valence-corrected chi connectivity index (χ4v) is 2.09. The number of phenols is 1. The number of carboxylic acid groups (broad SMARTS) is 1. The molecule has 1 aliphatic rings. The van der Waals surface area contributed by atoms with Gasteiger partial charge in [-0.3, -0.25) is 9.59 Å². The van der Waals surface area contributed by atoms with Gasteiger partial charge in [0.15, 0.2) is 0 Å². The summed E-state index contributed by atoms with van der Waals surface area (Å²) in [6, 6.07) is 6.57. The van der Waals surface area contributed by atoms with Crippen molar-refractivity contribution >= 4 is 11.9 Å². The molecule has 1 aromatic rings. The van der Waals surface area contributed by atoms with Gasteiger partial charge in [0.2, 0.25) is 5.91 Å². The van der Waals surface area contributed by atoms with E-state index in [0.29, 0.717) is 13.0 Å². The van der Waals surface area contributed by atoms with Crippen molar-refractivity contribution in [2.45, 2.75) is 19.4 Å². The first-order valence-electron chi connectivity index (χ1n) is 5.85. The van der Waals surface area contributed by atoms with E-state index in [1.807, 2.05) is 0 Å². The molecule has 18 heavy (non-hydrogen) atoms. The number of benzene rings is 1. The molecule has 0 spiro atoms. The van der Waals surface area contributed by atoms with Crippen LogP contribution < -0.4 is 0 Å². The van der Waals surface area contributed by atoms with Crippen LogP contribution in [0.25, 0.3) is 0 Å². The Morgan fingerprint density at radius 3 is 2.61 bits per heavy atom. The predicted octanol–water partition coefficient (Wildman–Crippen LogP) is 1.22. The van der Waals surface area contributed by atoms with Gasteiger partial charge in [0, 0.05) is 19.5 Å². The normalized spacial score (nSPS) is 19.9. The number of phenolic OH excluding ortho intramolecular Hbond substituents is 1. The topological polar surface area (TPSA) is 77.8 Å². The van der Waals surface area contributed by atoms with Crippen LogP contribution >= 0.6 is 0 Å². The Kier molecular flexibility index (Phi) is 3.50. The third-order valence-corrected chi connectivity index (χ3v) is 3.16. The molecule has 1 atom stereocenters. The molecular formula is C13H15NO4. The Labute approximate surface area is 105 Å². The second kappa shape index (κ2) is 5.08. The summed E-state index contributed by atoms with van der Waals surface area (Å²) in [4.78, 5) is 24.2. The minimum atomic E-state index is -0.849. The molecule has 0 bridgehead atoms. The third-order valence-electron chi connectivity index (χ3n) is 3.16. The fraction of sp³-hybridized carbons (Fsp3) is 0.385. The number of aromatic hydroxyl groups is 1. The van der Waals surface area contributed by atoms with Gasteiger partial charge in [-0.25, -0.2) is 0 Å². The van der Waals surface area contributed by atoms with E-state index < -0.39 is 11.9 Å². The third kappa shape index (κ3) is 2.80. The van der Waals surface area contributed by atoms with Crippen molar-refractivity contribution in [2.75, 3.05) is 6.54 Å². The molecule has 0 saturated carbocycles. The number of amides is 1. The molecule has 0 aromatic heterocycles. The standard InChI is InChI=1S/C13H15NO4/c15-11-4-1-9(2-5-11)7-14-8-10(13(17)18)3-6-12(14)16/h1-2,4-5,10,15H,3,6-8H2,(H,17,18). The van der Waals surface area contributed by atoms with Crippen LogP contribution in [0.15, 0.2) is 24.3 Å². The van der Waals surface area contributed by atoms with E-state index >= 15 is 0 Å². The quantitative estimate of drug-likeness (QED) is 0.844. The summed E-state index contributed by atoms with van der Waals surface area (Å²) in [5, 5.41) is 18.1. The summed E-state index contributed by atoms with van der Waals surface area (Å²) >= 11 is 0. The van der Waals surface area contributed by atoms with Crippen molar-refractivity contribution in [1.29, 1.82) is 0 Å². The Hall–Kier alpha value is -2.04. The van der Waals surface area contributed by atoms with Crippen LogP contribution in [0.2, 0.25) is 0 Å². The number of aliphatic carboxylic acids is 1. The van der Waals surface area contributed by atoms with Gasteiger partial charge in [-0.15, -0.1) is 0 Å². The second-order valence-corrected chi connectivity index (χ2v) is 4.51. The van der Waals surface area contributed by atoms with E-state index in [1.54, 1.807) is 29.2 Å². The molecule has 1 saturated heterocycles. The average Bonchev–Trinajstić information content (AvgIpc) is 2.34. The smallest absolute Gasteiger partial charge is 0.308 e. The molecule has 5 heteroatoms. The highest BCUT2D eigenvalue weighted by Crippen LogP contribution is 2.20. The molecule has 2 rings (SSSR count). The summed E-state index contributed by atoms with van der Waals surface area (Å²) in [5.74, 6) is -1.16. The zero-order chi connectivity index (χ0) is 13.1. The predicted molar refractivity (Wildman–Crippen MR) is 63.9 cm³/mol. The number of likely N-dealkylation sites (tertiary alicyclic amines) is 1. The summed E-state index contributed by atoms with van der Waals surface area (Å²) in [7, 11) is 0. The average molecular weight is 249 g/mol. The van der Waals surface area contributed by atoms with Gasteiger partial charge in [-0.2, -0.15) is 0 Å². The molecule has 1 heterocycles. The van der Waals surface area contributed by atoms with E-state index in [9.17, 15) is 14.7 Å². The first-order chi connectivity index (χ1) is 8.56. The van der Waals surface area contributed by atoms with Crippen molar-refractivity contribution in [1.82, 2.24) is 4.90 Å². The Balaban J connectivity index is 2.04. The number of piperidine rings is 1. The van der Waals surface area contributed by atoms with Gasteiger partial charge in [0.05, 0.1) is 5.92 Å². The largest absolute Gasteiger partial charge is 0.508 e. The maximum atomic E-state index is 11.7. The molecule has 2 N–H and O–H groups in total. The number of nitrogens with zero attached hydrogens (tertiary/aromatic N) is 1. The highest BCUT2D eigenvalue weighted by Gasteiger charge is 2.29. The number of hydrogen-bond donors (Lipinski definition) is 2. The van der Waals surface area contributed by atoms with E-state index in [4.69, 9.17) is 5.11 Å². The number of rotatable bonds is 3. The van der Waals surface area contributed by atoms with Gasteiger partial charge >= 0.3 is 5.97 Å². The summed E-state index contributed by atoms with van der Waals surface area (Å²) < 4.78 is 0. The summed E-state index contributed by atoms with van der Waals surface area (Å²) in [6.45, 7) is 0.651. The second-order valence-electron chi connectivity index (χ2n) is 4.51. The minimum absolute atomic E-state index is 0.0134. The monoisotopic (exact) mass is 249 g/mol. The molecule has 1 fully saturated rings. The summed E-state index contributed by atoms with van der Waals surface area (Å²) in [6.07, 6.45) is 0.704. The molecule has 5 nitrogen and oxygen atoms in total. The van der Waals surface area contributed by atoms with Gasteiger partial charge < -0.3 is 15.1 Å². The molecule has 0 radical (unpaired) electrons. The fourth-order valence-electron chi connectivity index (χ4n) is 2.09. The van der Waals surface area contributed by atoms with E-state index in [0.717, 1.165) is 5.56 Å². The van der Waals surface area contributed by atoms with Gasteiger partial charge in [-0.05, 0) is 24.1 Å². The molecule has 1 unspecified atom stereocenters. The van der Waals surface area contributed by atoms with Crippen molar-refractivity contribution in [2.24, 2.45) is 5.92 Å². The lowest BCUT2D eigenvalue weighted by Crippen LogP contribution is -2.41. The minimum Gasteiger partial charge on any atom is -0.508 e. The number of carbonyl (C=O) groups excluding carboxylic acids is 1. The molecular weight excluding hydrogens is 234 g/mol. The lowest BCUT2D eigenvalue weighted by molar-refractivity contribution is -0.147. The maximum Gasteiger partial charge on any atom is 0.308 e. The van der Waals surface area contributed by atoms with Crippen LogP contribution in [0.4, 0.5) is 0 Å². The Morgan fingerprint density at radius 1 is 1.33 bits per heavy atom. The lowest BCUT2D eigenvalue weighted by Gasteiger charge is -2.30. The van der Waals surface area contributed by atoms with Crippen molar-refractivity contribution in [3.8, 4) is 5.75 Å². The zero-order valence-electron chi connectivity index (χ0n) is 9.87. The Bertz CT molecular complexity index is 455. The van der Waals surface area contributed by atoms with Crippen molar-refractivity contribution in [3.05, 3.63) is 29.8 Å². The van der Waals surface area contributed by atoms with Crippen LogP contribution in [-0.4, -0.2) is 33.5 Å². The molecule has 1 amide bonds. The lowest BCUT2D eigenvalue weighted by atomic mass is 9.97. The van der Waals surface area contributed by atoms with Crippen LogP contribution in [0.3, 0.4) is 0 Å². The van der Waals surface area contributed by atoms with Gasteiger partial charge in [0.25, 0.3) is 0 Å². The van der Waals surface area contributed by atoms with E-state index in [-0.39, 0.29) is 24.6 Å². The van der Waals surface area contributed by atoms with Crippen LogP contribution in [0, 0.1) is 5.92 Å². The first kappa shape index (κ1) is 12.4. The first-order valence-corrected chi connectivity index (χ1v) is 5.85. The van der Waals surface area contributed by atoms with Crippen molar-refractivity contribution < 1.29 is 19.8 Å². The SMILES string of the molecule is O=C(O)C1CCC(=O)N(Cc2ccc(O)cc2)C1. The number of hydrogen-bond acceptors (Lipinski definition) is 3. The van der Waals surface area contributed by atoms with Crippen LogP contribution in [0.5, 0.6) is 5.75 Å². The molecule has 96 valence electrons. The Morgan fingerprint density at radius 2 is 2.00 bits per heavy atom. The number of carbonyl (C=O) groups is 2. The van der Waals surface area contributed by atoms with Crippen LogP contribution in [-0.2, 0) is 16.1 Å². The van der Waals surface area contributed by atoms with E-state index in [1.165, 1.54) is 0 Å². The zero-order valence-corrected chi connectivity index (χ0v) is 9.87. The molecule has 1 aliphatic heterocycles. The van der Waals surface area contributed by atoms with Gasteiger partial charge in [0.1, 0.15) is 5.75 Å². The maximum absolute atomic E-state index is 11.7. The van der Waals surface area contributed by atoms with Gasteiger partial charge in [-0.1, -0.05) is 12.1 Å². The summed E-state index contributed by atoms with van der Waals surface area (Å²) in [5.41, 5.74) is 0.882. The highest BCUT2D eigenvalue weighted by atomic mass is 16.4. The van der Waals surface area contributed by atoms with Crippen LogP contribution in [0.1, 0.15) is 18.4 Å². The van der Waals surface area contributed by atoms with E-state index in [2.05, 4.69) is 0 Å². The molecule has 1 aromatic carbocycles. The highest BCUT2D eigenvalue weighted by molar-refractivity contribution is 5.80. The number of carboxylic acids is 1. The van der Waals surface area contributed by atoms with Crippen molar-refractivity contribution in [3.63, 3.8) is 0 Å². The molecule has 0 aliphatic carbocycles.